The quantitative estimate of drug-likeness (QED) is 0.412. The van der Waals surface area contributed by atoms with Crippen LogP contribution in [-0.4, -0.2) is 30.7 Å². The summed E-state index contributed by atoms with van der Waals surface area (Å²) >= 11 is 1.69. The van der Waals surface area contributed by atoms with Crippen molar-refractivity contribution in [3.05, 3.63) is 90.5 Å². The molecule has 0 aliphatic heterocycles. The van der Waals surface area contributed by atoms with Crippen molar-refractivity contribution in [2.45, 2.75) is 4.90 Å². The van der Waals surface area contributed by atoms with Gasteiger partial charge in [-0.15, -0.1) is 11.8 Å². The molecule has 3 aromatic rings. The molecule has 0 radical (unpaired) electrons. The lowest BCUT2D eigenvalue weighted by Gasteiger charge is -2.09. The van der Waals surface area contributed by atoms with Gasteiger partial charge in [0, 0.05) is 28.4 Å². The van der Waals surface area contributed by atoms with Gasteiger partial charge in [-0.3, -0.25) is 9.59 Å². The van der Waals surface area contributed by atoms with E-state index in [1.807, 2.05) is 48.5 Å². The predicted octanol–water partition coefficient (Wildman–Crippen LogP) is 4.23. The van der Waals surface area contributed by atoms with Gasteiger partial charge in [0.15, 0.2) is 6.61 Å². The van der Waals surface area contributed by atoms with Gasteiger partial charge in [0.25, 0.3) is 11.8 Å². The van der Waals surface area contributed by atoms with Crippen LogP contribution in [0.15, 0.2) is 89.8 Å². The summed E-state index contributed by atoms with van der Waals surface area (Å²) in [4.78, 5) is 25.2. The summed E-state index contributed by atoms with van der Waals surface area (Å²) in [6.45, 7) is 0.526. The molecule has 2 N–H and O–H groups in total. The molecular formula is C23H22N2O3S. The van der Waals surface area contributed by atoms with Crippen LogP contribution in [0.3, 0.4) is 0 Å². The largest absolute Gasteiger partial charge is 0.484 e. The third kappa shape index (κ3) is 7.01. The van der Waals surface area contributed by atoms with Crippen molar-refractivity contribution in [1.82, 2.24) is 5.32 Å². The molecule has 0 saturated heterocycles. The standard InChI is InChI=1S/C23H22N2O3S/c26-22(24-15-16-29-21-9-5-2-6-10-21)17-28-20-13-11-19(12-14-20)25-23(27)18-7-3-1-4-8-18/h1-14H,15-17H2,(H,24,26)(H,25,27). The number of anilines is 1. The van der Waals surface area contributed by atoms with Gasteiger partial charge in [-0.05, 0) is 48.5 Å². The summed E-state index contributed by atoms with van der Waals surface area (Å²) in [7, 11) is 0. The summed E-state index contributed by atoms with van der Waals surface area (Å²) in [6, 6.07) is 26.0. The van der Waals surface area contributed by atoms with Gasteiger partial charge in [-0.1, -0.05) is 36.4 Å². The maximum atomic E-state index is 12.1. The van der Waals surface area contributed by atoms with E-state index < -0.39 is 0 Å². The highest BCUT2D eigenvalue weighted by atomic mass is 32.2. The summed E-state index contributed by atoms with van der Waals surface area (Å²) < 4.78 is 5.50. The fourth-order valence-electron chi connectivity index (χ4n) is 2.50. The third-order valence-corrected chi connectivity index (χ3v) is 4.97. The van der Waals surface area contributed by atoms with Crippen molar-refractivity contribution < 1.29 is 14.3 Å². The van der Waals surface area contributed by atoms with Crippen molar-refractivity contribution in [1.29, 1.82) is 0 Å². The fourth-order valence-corrected chi connectivity index (χ4v) is 3.29. The minimum atomic E-state index is -0.174. The first-order chi connectivity index (χ1) is 14.2. The lowest BCUT2D eigenvalue weighted by Crippen LogP contribution is -2.30. The first kappa shape index (κ1) is 20.5. The molecular weight excluding hydrogens is 384 g/mol. The van der Waals surface area contributed by atoms with E-state index in [9.17, 15) is 9.59 Å². The zero-order valence-corrected chi connectivity index (χ0v) is 16.7. The zero-order chi connectivity index (χ0) is 20.3. The van der Waals surface area contributed by atoms with E-state index >= 15 is 0 Å². The number of ether oxygens (including phenoxy) is 1. The fraction of sp³-hybridized carbons (Fsp3) is 0.130. The molecule has 0 heterocycles. The van der Waals surface area contributed by atoms with Gasteiger partial charge in [-0.2, -0.15) is 0 Å². The molecule has 2 amide bonds. The number of hydrogen-bond acceptors (Lipinski definition) is 4. The number of thioether (sulfide) groups is 1. The summed E-state index contributed by atoms with van der Waals surface area (Å²) in [5.41, 5.74) is 1.25. The number of rotatable bonds is 9. The Balaban J connectivity index is 1.36. The predicted molar refractivity (Wildman–Crippen MR) is 117 cm³/mol. The molecule has 0 fully saturated rings. The van der Waals surface area contributed by atoms with E-state index in [0.29, 0.717) is 23.5 Å². The average Bonchev–Trinajstić information content (AvgIpc) is 2.77. The minimum absolute atomic E-state index is 0.0499. The first-order valence-electron chi connectivity index (χ1n) is 9.24. The van der Waals surface area contributed by atoms with E-state index in [-0.39, 0.29) is 18.4 Å². The molecule has 0 bridgehead atoms. The molecule has 0 aromatic heterocycles. The minimum Gasteiger partial charge on any atom is -0.484 e. The third-order valence-electron chi connectivity index (χ3n) is 3.95. The van der Waals surface area contributed by atoms with E-state index in [4.69, 9.17) is 4.74 Å². The second kappa shape index (κ2) is 10.9. The number of amides is 2. The van der Waals surface area contributed by atoms with Gasteiger partial charge in [-0.25, -0.2) is 0 Å². The highest BCUT2D eigenvalue weighted by molar-refractivity contribution is 7.99. The maximum Gasteiger partial charge on any atom is 0.257 e. The second-order valence-electron chi connectivity index (χ2n) is 6.14. The Morgan fingerprint density at radius 3 is 2.17 bits per heavy atom. The number of carbonyl (C=O) groups excluding carboxylic acids is 2. The second-order valence-corrected chi connectivity index (χ2v) is 7.31. The molecule has 5 nitrogen and oxygen atoms in total. The van der Waals surface area contributed by atoms with E-state index in [0.717, 1.165) is 5.75 Å². The number of benzene rings is 3. The Hall–Kier alpha value is -3.25. The molecule has 6 heteroatoms. The molecule has 3 aromatic carbocycles. The van der Waals surface area contributed by atoms with Crippen molar-refractivity contribution in [2.75, 3.05) is 24.2 Å². The summed E-state index contributed by atoms with van der Waals surface area (Å²) in [5.74, 6) is 1.02. The molecule has 0 saturated carbocycles. The number of carbonyl (C=O) groups is 2. The molecule has 0 unspecified atom stereocenters. The summed E-state index contributed by atoms with van der Waals surface area (Å²) in [5, 5.41) is 5.66. The van der Waals surface area contributed by atoms with Gasteiger partial charge in [0.05, 0.1) is 0 Å². The van der Waals surface area contributed by atoms with Crippen LogP contribution in [0.5, 0.6) is 5.75 Å². The smallest absolute Gasteiger partial charge is 0.257 e. The Kier molecular flexibility index (Phi) is 7.72. The SMILES string of the molecule is O=C(COc1ccc(NC(=O)c2ccccc2)cc1)NCCSc1ccccc1. The molecule has 0 aliphatic rings. The van der Waals surface area contributed by atoms with Crippen LogP contribution < -0.4 is 15.4 Å². The Morgan fingerprint density at radius 2 is 1.48 bits per heavy atom. The van der Waals surface area contributed by atoms with Crippen LogP contribution in [0, 0.1) is 0 Å². The molecule has 0 atom stereocenters. The number of hydrogen-bond donors (Lipinski definition) is 2. The highest BCUT2D eigenvalue weighted by Gasteiger charge is 2.06. The Labute approximate surface area is 174 Å². The van der Waals surface area contributed by atoms with Crippen molar-refractivity contribution in [3.8, 4) is 5.75 Å². The van der Waals surface area contributed by atoms with Crippen LogP contribution in [0.2, 0.25) is 0 Å². The summed E-state index contributed by atoms with van der Waals surface area (Å²) in [6.07, 6.45) is 0. The Morgan fingerprint density at radius 1 is 0.828 bits per heavy atom. The maximum absolute atomic E-state index is 12.1. The average molecular weight is 407 g/mol. The van der Waals surface area contributed by atoms with Crippen molar-refractivity contribution in [3.63, 3.8) is 0 Å². The van der Waals surface area contributed by atoms with Crippen molar-refractivity contribution in [2.24, 2.45) is 0 Å². The van der Waals surface area contributed by atoms with Gasteiger partial charge in [0.2, 0.25) is 0 Å². The molecule has 3 rings (SSSR count). The number of nitrogens with one attached hydrogen (secondary N) is 2. The van der Waals surface area contributed by atoms with Gasteiger partial charge < -0.3 is 15.4 Å². The highest BCUT2D eigenvalue weighted by Crippen LogP contribution is 2.17. The lowest BCUT2D eigenvalue weighted by atomic mass is 10.2. The lowest BCUT2D eigenvalue weighted by molar-refractivity contribution is -0.122. The van der Waals surface area contributed by atoms with Crippen LogP contribution in [-0.2, 0) is 4.79 Å². The van der Waals surface area contributed by atoms with Crippen LogP contribution in [0.1, 0.15) is 10.4 Å². The topological polar surface area (TPSA) is 67.4 Å². The first-order valence-corrected chi connectivity index (χ1v) is 10.2. The van der Waals surface area contributed by atoms with Crippen LogP contribution in [0.4, 0.5) is 5.69 Å². The molecule has 0 aliphatic carbocycles. The van der Waals surface area contributed by atoms with Gasteiger partial charge in [0.1, 0.15) is 5.75 Å². The van der Waals surface area contributed by atoms with E-state index in [1.165, 1.54) is 4.90 Å². The van der Waals surface area contributed by atoms with E-state index in [1.54, 1.807) is 48.2 Å². The normalized spacial score (nSPS) is 10.2. The molecule has 0 spiro atoms. The zero-order valence-electron chi connectivity index (χ0n) is 15.8. The van der Waals surface area contributed by atoms with E-state index in [2.05, 4.69) is 10.6 Å². The molecule has 29 heavy (non-hydrogen) atoms. The van der Waals surface area contributed by atoms with Crippen LogP contribution >= 0.6 is 11.8 Å². The monoisotopic (exact) mass is 406 g/mol. The molecule has 148 valence electrons. The Bertz CT molecular complexity index is 916. The van der Waals surface area contributed by atoms with Gasteiger partial charge >= 0.3 is 0 Å². The van der Waals surface area contributed by atoms with Crippen LogP contribution in [0.25, 0.3) is 0 Å². The van der Waals surface area contributed by atoms with Crippen molar-refractivity contribution >= 4 is 29.3 Å².